The lowest BCUT2D eigenvalue weighted by molar-refractivity contribution is -0.123. The molecule has 0 bridgehead atoms. The zero-order valence-corrected chi connectivity index (χ0v) is 17.0. The molecule has 3 aromatic rings. The standard InChI is InChI=1S/C26H19N3O3/c30-24(17-8-2-1-3-9-17)23-22-21(20-11-6-14-27-29(20)23)25(31)28(26(22)32)19-13-12-16-7-4-5-10-18(16)15-19/h1-15,20-23H/t20-,21+,22+,23-/m1/s1. The van der Waals surface area contributed by atoms with Crippen LogP contribution in [0.3, 0.4) is 0 Å². The molecule has 2 amide bonds. The average Bonchev–Trinajstić information content (AvgIpc) is 3.31. The van der Waals surface area contributed by atoms with Crippen LogP contribution < -0.4 is 4.90 Å². The number of benzene rings is 3. The Balaban J connectivity index is 1.44. The molecule has 0 spiro atoms. The van der Waals surface area contributed by atoms with Crippen molar-refractivity contribution in [3.05, 3.63) is 90.5 Å². The Morgan fingerprint density at radius 2 is 1.53 bits per heavy atom. The van der Waals surface area contributed by atoms with E-state index in [0.29, 0.717) is 11.3 Å². The SMILES string of the molecule is O=C(c1ccccc1)[C@H]1[C@H]2C(=O)N(c3ccc4ccccc4c3)C(=O)[C@H]2[C@H]2C=CC=NN21. The van der Waals surface area contributed by atoms with E-state index in [-0.39, 0.29) is 17.6 Å². The van der Waals surface area contributed by atoms with Gasteiger partial charge in [-0.05, 0) is 29.0 Å². The number of hydrogen-bond acceptors (Lipinski definition) is 5. The van der Waals surface area contributed by atoms with Gasteiger partial charge in [0.2, 0.25) is 11.8 Å². The summed E-state index contributed by atoms with van der Waals surface area (Å²) in [5.41, 5.74) is 1.04. The number of hydrazone groups is 1. The number of allylic oxidation sites excluding steroid dienone is 1. The third-order valence-corrected chi connectivity index (χ3v) is 6.61. The minimum absolute atomic E-state index is 0.197. The van der Waals surface area contributed by atoms with Gasteiger partial charge in [-0.25, -0.2) is 4.90 Å². The molecule has 0 radical (unpaired) electrons. The van der Waals surface area contributed by atoms with Crippen molar-refractivity contribution in [2.45, 2.75) is 12.1 Å². The van der Waals surface area contributed by atoms with Crippen molar-refractivity contribution >= 4 is 40.3 Å². The van der Waals surface area contributed by atoms with Crippen LogP contribution in [0.5, 0.6) is 0 Å². The molecule has 0 aromatic heterocycles. The summed E-state index contributed by atoms with van der Waals surface area (Å²) >= 11 is 0. The molecule has 2 saturated heterocycles. The third-order valence-electron chi connectivity index (χ3n) is 6.61. The summed E-state index contributed by atoms with van der Waals surface area (Å²) in [5, 5.41) is 8.00. The number of Topliss-reactive ketones (excluding diaryl/α,β-unsaturated/α-hetero) is 1. The fraction of sp³-hybridized carbons (Fsp3) is 0.154. The van der Waals surface area contributed by atoms with Crippen LogP contribution in [0.2, 0.25) is 0 Å². The molecule has 2 fully saturated rings. The summed E-state index contributed by atoms with van der Waals surface area (Å²) in [6, 6.07) is 21.0. The third kappa shape index (κ3) is 2.59. The zero-order valence-electron chi connectivity index (χ0n) is 17.0. The molecule has 6 rings (SSSR count). The molecule has 3 heterocycles. The van der Waals surface area contributed by atoms with Crippen molar-refractivity contribution < 1.29 is 14.4 Å². The molecule has 32 heavy (non-hydrogen) atoms. The Kier molecular flexibility index (Phi) is 4.08. The van der Waals surface area contributed by atoms with Gasteiger partial charge in [0.25, 0.3) is 0 Å². The fourth-order valence-corrected chi connectivity index (χ4v) is 5.18. The van der Waals surface area contributed by atoms with Gasteiger partial charge in [0.15, 0.2) is 5.78 Å². The van der Waals surface area contributed by atoms with E-state index >= 15 is 0 Å². The lowest BCUT2D eigenvalue weighted by Gasteiger charge is -2.30. The molecule has 0 N–H and O–H groups in total. The van der Waals surface area contributed by atoms with Crippen molar-refractivity contribution in [3.63, 3.8) is 0 Å². The van der Waals surface area contributed by atoms with Gasteiger partial charge >= 0.3 is 0 Å². The molecule has 0 saturated carbocycles. The lowest BCUT2D eigenvalue weighted by Crippen LogP contribution is -2.46. The van der Waals surface area contributed by atoms with Gasteiger partial charge in [-0.1, -0.05) is 66.7 Å². The molecule has 6 heteroatoms. The maximum absolute atomic E-state index is 13.7. The molecule has 156 valence electrons. The Morgan fingerprint density at radius 3 is 2.34 bits per heavy atom. The Hall–Kier alpha value is -4.06. The van der Waals surface area contributed by atoms with Crippen LogP contribution in [0.1, 0.15) is 10.4 Å². The summed E-state index contributed by atoms with van der Waals surface area (Å²) in [4.78, 5) is 42.0. The number of amides is 2. The smallest absolute Gasteiger partial charge is 0.240 e. The maximum atomic E-state index is 13.7. The topological polar surface area (TPSA) is 70.0 Å². The predicted octanol–water partition coefficient (Wildman–Crippen LogP) is 3.44. The summed E-state index contributed by atoms with van der Waals surface area (Å²) in [6.07, 6.45) is 5.22. The first kappa shape index (κ1) is 18.7. The highest BCUT2D eigenvalue weighted by atomic mass is 16.2. The highest BCUT2D eigenvalue weighted by molar-refractivity contribution is 6.25. The Bertz CT molecular complexity index is 1330. The van der Waals surface area contributed by atoms with Gasteiger partial charge in [0, 0.05) is 11.8 Å². The van der Waals surface area contributed by atoms with E-state index in [1.807, 2.05) is 48.5 Å². The number of hydrogen-bond donors (Lipinski definition) is 0. The minimum atomic E-state index is -0.824. The number of carbonyl (C=O) groups is 3. The van der Waals surface area contributed by atoms with Crippen LogP contribution in [0.25, 0.3) is 10.8 Å². The number of nitrogens with zero attached hydrogens (tertiary/aromatic N) is 3. The summed E-state index contributed by atoms with van der Waals surface area (Å²) in [6.45, 7) is 0. The summed E-state index contributed by atoms with van der Waals surface area (Å²) < 4.78 is 0. The first-order chi connectivity index (χ1) is 15.6. The highest BCUT2D eigenvalue weighted by Crippen LogP contribution is 2.46. The van der Waals surface area contributed by atoms with E-state index in [1.165, 1.54) is 4.90 Å². The van der Waals surface area contributed by atoms with Gasteiger partial charge in [0.1, 0.15) is 6.04 Å². The first-order valence-corrected chi connectivity index (χ1v) is 10.6. The van der Waals surface area contributed by atoms with E-state index in [1.54, 1.807) is 47.6 Å². The van der Waals surface area contributed by atoms with Crippen molar-refractivity contribution in [2.24, 2.45) is 16.9 Å². The second-order valence-corrected chi connectivity index (χ2v) is 8.29. The normalized spacial score (nSPS) is 26.0. The minimum Gasteiger partial charge on any atom is -0.292 e. The quantitative estimate of drug-likeness (QED) is 0.480. The number of carbonyl (C=O) groups excluding carboxylic acids is 3. The Labute approximate surface area is 184 Å². The lowest BCUT2D eigenvalue weighted by atomic mass is 9.86. The van der Waals surface area contributed by atoms with Crippen LogP contribution in [0.4, 0.5) is 5.69 Å². The number of fused-ring (bicyclic) bond motifs is 4. The van der Waals surface area contributed by atoms with Gasteiger partial charge in [-0.15, -0.1) is 0 Å². The van der Waals surface area contributed by atoms with E-state index in [2.05, 4.69) is 5.10 Å². The van der Waals surface area contributed by atoms with E-state index in [0.717, 1.165) is 10.8 Å². The van der Waals surface area contributed by atoms with Crippen LogP contribution >= 0.6 is 0 Å². The number of rotatable bonds is 3. The largest absolute Gasteiger partial charge is 0.292 e. The zero-order chi connectivity index (χ0) is 21.8. The molecule has 3 aliphatic rings. The molecule has 0 unspecified atom stereocenters. The number of ketones is 1. The van der Waals surface area contributed by atoms with Crippen LogP contribution in [-0.4, -0.2) is 40.9 Å². The van der Waals surface area contributed by atoms with Gasteiger partial charge in [0.05, 0.1) is 23.6 Å². The van der Waals surface area contributed by atoms with Crippen molar-refractivity contribution in [1.82, 2.24) is 5.01 Å². The van der Waals surface area contributed by atoms with Gasteiger partial charge in [-0.2, -0.15) is 5.10 Å². The van der Waals surface area contributed by atoms with Crippen molar-refractivity contribution in [3.8, 4) is 0 Å². The molecular weight excluding hydrogens is 402 g/mol. The van der Waals surface area contributed by atoms with E-state index < -0.39 is 23.9 Å². The molecular formula is C26H19N3O3. The molecule has 3 aliphatic heterocycles. The van der Waals surface area contributed by atoms with Crippen LogP contribution in [0.15, 0.2) is 90.0 Å². The molecule has 3 aromatic carbocycles. The molecule has 4 atom stereocenters. The van der Waals surface area contributed by atoms with Crippen LogP contribution in [0, 0.1) is 11.8 Å². The Morgan fingerprint density at radius 1 is 0.812 bits per heavy atom. The maximum Gasteiger partial charge on any atom is 0.240 e. The summed E-state index contributed by atoms with van der Waals surface area (Å²) in [7, 11) is 0. The van der Waals surface area contributed by atoms with Crippen LogP contribution in [-0.2, 0) is 9.59 Å². The van der Waals surface area contributed by atoms with Gasteiger partial charge < -0.3 is 0 Å². The molecule has 6 nitrogen and oxygen atoms in total. The average molecular weight is 421 g/mol. The molecule has 0 aliphatic carbocycles. The van der Waals surface area contributed by atoms with Crippen molar-refractivity contribution in [2.75, 3.05) is 4.90 Å². The highest BCUT2D eigenvalue weighted by Gasteiger charge is 2.64. The number of anilines is 1. The van der Waals surface area contributed by atoms with E-state index in [9.17, 15) is 14.4 Å². The second kappa shape index (κ2) is 6.99. The predicted molar refractivity (Wildman–Crippen MR) is 121 cm³/mol. The fourth-order valence-electron chi connectivity index (χ4n) is 5.18. The first-order valence-electron chi connectivity index (χ1n) is 10.6. The monoisotopic (exact) mass is 421 g/mol. The van der Waals surface area contributed by atoms with E-state index in [4.69, 9.17) is 0 Å². The number of imide groups is 1. The van der Waals surface area contributed by atoms with Gasteiger partial charge in [-0.3, -0.25) is 19.4 Å². The summed E-state index contributed by atoms with van der Waals surface area (Å²) in [5.74, 6) is -2.26. The van der Waals surface area contributed by atoms with Crippen molar-refractivity contribution in [1.29, 1.82) is 0 Å². The second-order valence-electron chi connectivity index (χ2n) is 8.29.